The number of carboxylic acids is 1. The highest BCUT2D eigenvalue weighted by Gasteiger charge is 2.33. The van der Waals surface area contributed by atoms with Gasteiger partial charge in [-0.05, 0) is 71.7 Å². The van der Waals surface area contributed by atoms with Crippen molar-refractivity contribution >= 4 is 23.5 Å². The highest BCUT2D eigenvalue weighted by molar-refractivity contribution is 6.31. The Hall–Kier alpha value is -3.31. The molecule has 0 unspecified atom stereocenters. The number of benzene rings is 3. The third kappa shape index (κ3) is 6.53. The van der Waals surface area contributed by atoms with Gasteiger partial charge in [0.2, 0.25) is 0 Å². The zero-order chi connectivity index (χ0) is 26.8. The maximum atomic E-state index is 13.4. The molecule has 0 radical (unpaired) electrons. The SMILES string of the molecule is CC(C)(C)c1ccc(CN(CC(=O)O)C(=O)c2ccc3c(c2)CC[C@@](C)(Cc2ccccc2Cl)O3)cc1. The van der Waals surface area contributed by atoms with E-state index in [4.69, 9.17) is 16.3 Å². The lowest BCUT2D eigenvalue weighted by molar-refractivity contribution is -0.137. The summed E-state index contributed by atoms with van der Waals surface area (Å²) >= 11 is 6.37. The molecule has 1 aliphatic rings. The number of carbonyl (C=O) groups is 2. The summed E-state index contributed by atoms with van der Waals surface area (Å²) in [6.07, 6.45) is 2.22. The molecule has 0 spiro atoms. The number of amides is 1. The molecule has 6 heteroatoms. The van der Waals surface area contributed by atoms with Crippen LogP contribution in [0, 0.1) is 0 Å². The summed E-state index contributed by atoms with van der Waals surface area (Å²) in [6, 6.07) is 21.2. The third-order valence-electron chi connectivity index (χ3n) is 6.92. The lowest BCUT2D eigenvalue weighted by atomic mass is 9.86. The normalized spacial score (nSPS) is 17.0. The van der Waals surface area contributed by atoms with Gasteiger partial charge >= 0.3 is 5.97 Å². The molecule has 3 aromatic carbocycles. The topological polar surface area (TPSA) is 66.8 Å². The van der Waals surface area contributed by atoms with Crippen LogP contribution in [0.3, 0.4) is 0 Å². The van der Waals surface area contributed by atoms with Crippen LogP contribution in [0.1, 0.15) is 66.7 Å². The number of ether oxygens (including phenoxy) is 1. The van der Waals surface area contributed by atoms with Crippen molar-refractivity contribution in [1.29, 1.82) is 0 Å². The molecule has 1 heterocycles. The fourth-order valence-corrected chi connectivity index (χ4v) is 4.97. The Morgan fingerprint density at radius 3 is 2.41 bits per heavy atom. The van der Waals surface area contributed by atoms with Crippen molar-refractivity contribution in [3.05, 3.63) is 99.6 Å². The second-order valence-corrected chi connectivity index (χ2v) is 11.6. The Bertz CT molecular complexity index is 1300. The van der Waals surface area contributed by atoms with Crippen molar-refractivity contribution in [2.75, 3.05) is 6.54 Å². The summed E-state index contributed by atoms with van der Waals surface area (Å²) in [4.78, 5) is 26.4. The summed E-state index contributed by atoms with van der Waals surface area (Å²) in [6.45, 7) is 8.35. The molecule has 1 N–H and O–H groups in total. The van der Waals surface area contributed by atoms with Crippen molar-refractivity contribution in [3.63, 3.8) is 0 Å². The van der Waals surface area contributed by atoms with Gasteiger partial charge in [-0.2, -0.15) is 0 Å². The summed E-state index contributed by atoms with van der Waals surface area (Å²) in [5.41, 5.74) is 4.14. The fourth-order valence-electron chi connectivity index (χ4n) is 4.77. The Balaban J connectivity index is 1.51. The van der Waals surface area contributed by atoms with Gasteiger partial charge in [-0.3, -0.25) is 9.59 Å². The molecule has 0 aliphatic carbocycles. The van der Waals surface area contributed by atoms with Gasteiger partial charge in [-0.1, -0.05) is 74.8 Å². The highest BCUT2D eigenvalue weighted by atomic mass is 35.5. The Labute approximate surface area is 224 Å². The predicted octanol–water partition coefficient (Wildman–Crippen LogP) is 6.69. The van der Waals surface area contributed by atoms with Gasteiger partial charge in [0.05, 0.1) is 0 Å². The van der Waals surface area contributed by atoms with Crippen LogP contribution in [0.2, 0.25) is 5.02 Å². The number of halogens is 1. The van der Waals surface area contributed by atoms with E-state index in [1.165, 1.54) is 10.5 Å². The van der Waals surface area contributed by atoms with Crippen LogP contribution < -0.4 is 4.74 Å². The molecule has 1 aliphatic heterocycles. The maximum Gasteiger partial charge on any atom is 0.323 e. The predicted molar refractivity (Wildman–Crippen MR) is 146 cm³/mol. The molecule has 194 valence electrons. The van der Waals surface area contributed by atoms with E-state index in [-0.39, 0.29) is 24.4 Å². The summed E-state index contributed by atoms with van der Waals surface area (Å²) in [7, 11) is 0. The van der Waals surface area contributed by atoms with Crippen molar-refractivity contribution in [1.82, 2.24) is 4.90 Å². The Morgan fingerprint density at radius 1 is 1.05 bits per heavy atom. The summed E-state index contributed by atoms with van der Waals surface area (Å²) < 4.78 is 6.39. The number of rotatable bonds is 7. The molecular formula is C31H34ClNO4. The second-order valence-electron chi connectivity index (χ2n) is 11.1. The number of nitrogens with zero attached hydrogens (tertiary/aromatic N) is 1. The van der Waals surface area contributed by atoms with Gasteiger partial charge in [-0.25, -0.2) is 0 Å². The molecule has 0 fully saturated rings. The summed E-state index contributed by atoms with van der Waals surface area (Å²) in [5.74, 6) is -0.606. The first-order valence-electron chi connectivity index (χ1n) is 12.6. The molecule has 5 nitrogen and oxygen atoms in total. The van der Waals surface area contributed by atoms with Crippen molar-refractivity contribution < 1.29 is 19.4 Å². The van der Waals surface area contributed by atoms with Gasteiger partial charge in [0.15, 0.2) is 0 Å². The van der Waals surface area contributed by atoms with Crippen molar-refractivity contribution in [3.8, 4) is 5.75 Å². The second kappa shape index (κ2) is 10.6. The molecule has 37 heavy (non-hydrogen) atoms. The van der Waals surface area contributed by atoms with E-state index in [1.54, 1.807) is 6.07 Å². The third-order valence-corrected chi connectivity index (χ3v) is 7.28. The number of aryl methyl sites for hydroxylation is 1. The van der Waals surface area contributed by atoms with E-state index in [9.17, 15) is 14.7 Å². The van der Waals surface area contributed by atoms with Crippen molar-refractivity contribution in [2.45, 2.75) is 64.5 Å². The molecule has 1 amide bonds. The van der Waals surface area contributed by atoms with Crippen LogP contribution in [0.15, 0.2) is 66.7 Å². The van der Waals surface area contributed by atoms with E-state index in [0.717, 1.165) is 40.3 Å². The molecular weight excluding hydrogens is 486 g/mol. The first-order valence-corrected chi connectivity index (χ1v) is 13.0. The van der Waals surface area contributed by atoms with Crippen LogP contribution in [0.4, 0.5) is 0 Å². The average molecular weight is 520 g/mol. The van der Waals surface area contributed by atoms with Crippen LogP contribution in [0.5, 0.6) is 5.75 Å². The fraction of sp³-hybridized carbons (Fsp3) is 0.355. The van der Waals surface area contributed by atoms with Crippen LogP contribution in [-0.2, 0) is 29.6 Å². The Kier molecular flexibility index (Phi) is 7.65. The number of hydrogen-bond donors (Lipinski definition) is 1. The van der Waals surface area contributed by atoms with E-state index in [0.29, 0.717) is 12.0 Å². The van der Waals surface area contributed by atoms with Gasteiger partial charge in [0.25, 0.3) is 5.91 Å². The zero-order valence-electron chi connectivity index (χ0n) is 21.9. The van der Waals surface area contributed by atoms with Gasteiger partial charge in [-0.15, -0.1) is 0 Å². The molecule has 3 aromatic rings. The van der Waals surface area contributed by atoms with E-state index in [2.05, 4.69) is 27.7 Å². The van der Waals surface area contributed by atoms with Crippen LogP contribution >= 0.6 is 11.6 Å². The van der Waals surface area contributed by atoms with E-state index >= 15 is 0 Å². The lowest BCUT2D eigenvalue weighted by Gasteiger charge is -2.36. The smallest absolute Gasteiger partial charge is 0.323 e. The first-order chi connectivity index (χ1) is 17.4. The first kappa shape index (κ1) is 26.7. The summed E-state index contributed by atoms with van der Waals surface area (Å²) in [5, 5.41) is 10.2. The molecule has 0 aromatic heterocycles. The standard InChI is InChI=1S/C31H34ClNO4/c1-30(2,3)25-12-9-21(10-13-25)19-33(20-28(34)35)29(36)23-11-14-27-22(17-23)15-16-31(4,37-27)18-24-7-5-6-8-26(24)32/h5-14,17H,15-16,18-20H2,1-4H3,(H,34,35)/t31-/m0/s1. The zero-order valence-corrected chi connectivity index (χ0v) is 22.6. The van der Waals surface area contributed by atoms with E-state index < -0.39 is 11.6 Å². The van der Waals surface area contributed by atoms with E-state index in [1.807, 2.05) is 60.7 Å². The average Bonchev–Trinajstić information content (AvgIpc) is 2.84. The van der Waals surface area contributed by atoms with Crippen molar-refractivity contribution in [2.24, 2.45) is 0 Å². The molecule has 0 saturated heterocycles. The van der Waals surface area contributed by atoms with Crippen LogP contribution in [-0.4, -0.2) is 34.0 Å². The highest BCUT2D eigenvalue weighted by Crippen LogP contribution is 2.37. The number of hydrogen-bond acceptors (Lipinski definition) is 3. The lowest BCUT2D eigenvalue weighted by Crippen LogP contribution is -2.39. The van der Waals surface area contributed by atoms with Gasteiger partial charge in [0, 0.05) is 23.6 Å². The number of carboxylic acid groups (broad SMARTS) is 1. The largest absolute Gasteiger partial charge is 0.487 e. The quantitative estimate of drug-likeness (QED) is 0.377. The molecule has 0 bridgehead atoms. The minimum atomic E-state index is -1.05. The monoisotopic (exact) mass is 519 g/mol. The minimum Gasteiger partial charge on any atom is -0.487 e. The molecule has 0 saturated carbocycles. The van der Waals surface area contributed by atoms with Gasteiger partial charge < -0.3 is 14.7 Å². The van der Waals surface area contributed by atoms with Gasteiger partial charge in [0.1, 0.15) is 17.9 Å². The minimum absolute atomic E-state index is 0.0176. The van der Waals surface area contributed by atoms with Crippen LogP contribution in [0.25, 0.3) is 0 Å². The Morgan fingerprint density at radius 2 is 1.76 bits per heavy atom. The number of fused-ring (bicyclic) bond motifs is 1. The number of aliphatic carboxylic acids is 1. The molecule has 1 atom stereocenters. The maximum absolute atomic E-state index is 13.4. The molecule has 4 rings (SSSR count). The number of carbonyl (C=O) groups excluding carboxylic acids is 1.